The number of rotatable bonds is 2. The van der Waals surface area contributed by atoms with Crippen molar-refractivity contribution < 1.29 is 5.11 Å². The van der Waals surface area contributed by atoms with Gasteiger partial charge in [0.25, 0.3) is 0 Å². The summed E-state index contributed by atoms with van der Waals surface area (Å²) in [6.07, 6.45) is 3.84. The Bertz CT molecular complexity index is 427. The van der Waals surface area contributed by atoms with Crippen LogP contribution in [0.15, 0.2) is 12.1 Å². The lowest BCUT2D eigenvalue weighted by Gasteiger charge is -2.34. The van der Waals surface area contributed by atoms with E-state index in [4.69, 9.17) is 0 Å². The first-order valence-corrected chi connectivity index (χ1v) is 7.04. The van der Waals surface area contributed by atoms with Gasteiger partial charge in [-0.3, -0.25) is 0 Å². The molecule has 0 aliphatic heterocycles. The Labute approximate surface area is 110 Å². The normalized spacial score (nSPS) is 28.1. The van der Waals surface area contributed by atoms with Crippen LogP contribution in [0.1, 0.15) is 44.2 Å². The first-order chi connectivity index (χ1) is 8.49. The fourth-order valence-corrected chi connectivity index (χ4v) is 3.07. The van der Waals surface area contributed by atoms with Gasteiger partial charge in [0.2, 0.25) is 0 Å². The van der Waals surface area contributed by atoms with Crippen molar-refractivity contribution in [2.24, 2.45) is 11.8 Å². The van der Waals surface area contributed by atoms with Gasteiger partial charge in [0, 0.05) is 17.3 Å². The Hall–Kier alpha value is -1.18. The van der Waals surface area contributed by atoms with Crippen molar-refractivity contribution in [1.29, 1.82) is 0 Å². The first-order valence-electron chi connectivity index (χ1n) is 7.04. The number of aryl methyl sites for hydroxylation is 1. The molecule has 18 heavy (non-hydrogen) atoms. The van der Waals surface area contributed by atoms with Crippen LogP contribution >= 0.6 is 0 Å². The molecular weight excluding hydrogens is 222 g/mol. The van der Waals surface area contributed by atoms with Gasteiger partial charge in [0.1, 0.15) is 5.75 Å². The van der Waals surface area contributed by atoms with Gasteiger partial charge in [-0.25, -0.2) is 0 Å². The van der Waals surface area contributed by atoms with E-state index in [9.17, 15) is 5.11 Å². The number of phenols is 1. The van der Waals surface area contributed by atoms with Crippen LogP contribution in [0.5, 0.6) is 5.75 Å². The summed E-state index contributed by atoms with van der Waals surface area (Å²) in [4.78, 5) is 0. The minimum Gasteiger partial charge on any atom is -0.507 e. The van der Waals surface area contributed by atoms with Crippen LogP contribution in [-0.4, -0.2) is 11.1 Å². The highest BCUT2D eigenvalue weighted by Gasteiger charge is 2.25. The number of anilines is 1. The van der Waals surface area contributed by atoms with E-state index in [0.29, 0.717) is 17.7 Å². The molecule has 1 aromatic rings. The average Bonchev–Trinajstić information content (AvgIpc) is 2.33. The summed E-state index contributed by atoms with van der Waals surface area (Å²) in [5.74, 6) is 1.99. The topological polar surface area (TPSA) is 32.3 Å². The fraction of sp³-hybridized carbons (Fsp3) is 0.625. The Kier molecular flexibility index (Phi) is 3.84. The molecule has 3 unspecified atom stereocenters. The summed E-state index contributed by atoms with van der Waals surface area (Å²) in [5, 5.41) is 13.6. The van der Waals surface area contributed by atoms with E-state index in [0.717, 1.165) is 22.7 Å². The zero-order valence-electron chi connectivity index (χ0n) is 12.0. The lowest BCUT2D eigenvalue weighted by Crippen LogP contribution is -2.33. The van der Waals surface area contributed by atoms with Crippen molar-refractivity contribution >= 4 is 5.69 Å². The molecule has 1 aromatic carbocycles. The Balaban J connectivity index is 2.12. The van der Waals surface area contributed by atoms with E-state index in [-0.39, 0.29) is 0 Å². The third kappa shape index (κ3) is 2.63. The molecular formula is C16H25NO. The maximum Gasteiger partial charge on any atom is 0.123 e. The molecule has 2 N–H and O–H groups in total. The van der Waals surface area contributed by atoms with Gasteiger partial charge in [-0.2, -0.15) is 0 Å². The summed E-state index contributed by atoms with van der Waals surface area (Å²) in [6, 6.07) is 4.62. The number of benzene rings is 1. The molecule has 0 radical (unpaired) electrons. The van der Waals surface area contributed by atoms with Gasteiger partial charge in [-0.1, -0.05) is 19.9 Å². The third-order valence-electron chi connectivity index (χ3n) is 4.41. The van der Waals surface area contributed by atoms with E-state index >= 15 is 0 Å². The Morgan fingerprint density at radius 2 is 1.89 bits per heavy atom. The minimum atomic E-state index is 0.428. The number of phenolic OH excluding ortho intramolecular Hbond substituents is 1. The smallest absolute Gasteiger partial charge is 0.123 e. The predicted octanol–water partition coefficient (Wildman–Crippen LogP) is 4.25. The first kappa shape index (κ1) is 13.3. The molecule has 0 spiro atoms. The standard InChI is InChI=1S/C16H25NO/c1-10-5-7-14(12(3)9-10)17-15-8-6-11(2)16(18)13(15)4/h6,8,10,12,14,17-18H,5,7,9H2,1-4H3. The van der Waals surface area contributed by atoms with Crippen LogP contribution in [-0.2, 0) is 0 Å². The maximum absolute atomic E-state index is 9.98. The molecule has 0 saturated heterocycles. The number of hydrogen-bond donors (Lipinski definition) is 2. The quantitative estimate of drug-likeness (QED) is 0.819. The van der Waals surface area contributed by atoms with Gasteiger partial charge >= 0.3 is 0 Å². The van der Waals surface area contributed by atoms with Gasteiger partial charge in [0.15, 0.2) is 0 Å². The molecule has 0 heterocycles. The molecule has 0 amide bonds. The number of hydrogen-bond acceptors (Lipinski definition) is 2. The summed E-state index contributed by atoms with van der Waals surface area (Å²) in [5.41, 5.74) is 3.01. The van der Waals surface area contributed by atoms with Crippen molar-refractivity contribution in [2.75, 3.05) is 5.32 Å². The van der Waals surface area contributed by atoms with E-state index in [1.54, 1.807) is 0 Å². The van der Waals surface area contributed by atoms with Crippen LogP contribution in [0.25, 0.3) is 0 Å². The lowest BCUT2D eigenvalue weighted by atomic mass is 9.79. The van der Waals surface area contributed by atoms with E-state index < -0.39 is 0 Å². The van der Waals surface area contributed by atoms with Gasteiger partial charge in [-0.05, 0) is 56.6 Å². The molecule has 1 aliphatic rings. The molecule has 1 fully saturated rings. The monoisotopic (exact) mass is 247 g/mol. The molecule has 2 heteroatoms. The van der Waals surface area contributed by atoms with E-state index in [2.05, 4.69) is 25.2 Å². The second-order valence-corrected chi connectivity index (χ2v) is 6.05. The zero-order valence-corrected chi connectivity index (χ0v) is 12.0. The second kappa shape index (κ2) is 5.21. The fourth-order valence-electron chi connectivity index (χ4n) is 3.07. The molecule has 3 atom stereocenters. The number of nitrogens with one attached hydrogen (secondary N) is 1. The average molecular weight is 247 g/mol. The maximum atomic E-state index is 9.98. The molecule has 0 bridgehead atoms. The van der Waals surface area contributed by atoms with E-state index in [1.807, 2.05) is 19.9 Å². The zero-order chi connectivity index (χ0) is 13.3. The third-order valence-corrected chi connectivity index (χ3v) is 4.41. The Morgan fingerprint density at radius 3 is 2.56 bits per heavy atom. The summed E-state index contributed by atoms with van der Waals surface area (Å²) in [7, 11) is 0. The highest BCUT2D eigenvalue weighted by atomic mass is 16.3. The second-order valence-electron chi connectivity index (χ2n) is 6.05. The molecule has 2 rings (SSSR count). The molecule has 1 saturated carbocycles. The lowest BCUT2D eigenvalue weighted by molar-refractivity contribution is 0.276. The van der Waals surface area contributed by atoms with E-state index in [1.165, 1.54) is 19.3 Å². The molecule has 0 aromatic heterocycles. The largest absolute Gasteiger partial charge is 0.507 e. The Morgan fingerprint density at radius 1 is 1.17 bits per heavy atom. The van der Waals surface area contributed by atoms with Gasteiger partial charge in [-0.15, -0.1) is 0 Å². The van der Waals surface area contributed by atoms with Crippen molar-refractivity contribution in [2.45, 2.75) is 53.0 Å². The number of aromatic hydroxyl groups is 1. The predicted molar refractivity (Wildman–Crippen MR) is 77.2 cm³/mol. The van der Waals surface area contributed by atoms with Crippen LogP contribution in [0, 0.1) is 25.7 Å². The summed E-state index contributed by atoms with van der Waals surface area (Å²) < 4.78 is 0. The molecule has 2 nitrogen and oxygen atoms in total. The summed E-state index contributed by atoms with van der Waals surface area (Å²) in [6.45, 7) is 8.60. The van der Waals surface area contributed by atoms with Crippen LogP contribution < -0.4 is 5.32 Å². The van der Waals surface area contributed by atoms with Gasteiger partial charge < -0.3 is 10.4 Å². The van der Waals surface area contributed by atoms with Crippen molar-refractivity contribution in [1.82, 2.24) is 0 Å². The minimum absolute atomic E-state index is 0.428. The summed E-state index contributed by atoms with van der Waals surface area (Å²) >= 11 is 0. The van der Waals surface area contributed by atoms with Crippen LogP contribution in [0.4, 0.5) is 5.69 Å². The van der Waals surface area contributed by atoms with Gasteiger partial charge in [0.05, 0.1) is 0 Å². The molecule has 100 valence electrons. The van der Waals surface area contributed by atoms with Crippen LogP contribution in [0.3, 0.4) is 0 Å². The van der Waals surface area contributed by atoms with Crippen molar-refractivity contribution in [3.05, 3.63) is 23.3 Å². The highest BCUT2D eigenvalue weighted by molar-refractivity contribution is 5.59. The van der Waals surface area contributed by atoms with Crippen LogP contribution in [0.2, 0.25) is 0 Å². The van der Waals surface area contributed by atoms with Crippen molar-refractivity contribution in [3.8, 4) is 5.75 Å². The highest BCUT2D eigenvalue weighted by Crippen LogP contribution is 2.34. The van der Waals surface area contributed by atoms with Crippen molar-refractivity contribution in [3.63, 3.8) is 0 Å². The SMILES string of the molecule is Cc1ccc(NC2CCC(C)CC2C)c(C)c1O. The molecule has 1 aliphatic carbocycles.